The summed E-state index contributed by atoms with van der Waals surface area (Å²) >= 11 is 0. The van der Waals surface area contributed by atoms with Crippen molar-refractivity contribution in [1.82, 2.24) is 10.2 Å². The second-order valence-electron chi connectivity index (χ2n) is 4.89. The highest BCUT2D eigenvalue weighted by Gasteiger charge is 2.25. The van der Waals surface area contributed by atoms with Gasteiger partial charge in [-0.3, -0.25) is 14.5 Å². The minimum atomic E-state index is -0.361. The number of methoxy groups -OCH3 is 1. The first-order valence-electron chi connectivity index (χ1n) is 5.82. The first kappa shape index (κ1) is 15.9. The summed E-state index contributed by atoms with van der Waals surface area (Å²) < 4.78 is 4.56. The van der Waals surface area contributed by atoms with E-state index < -0.39 is 0 Å². The molecular weight excluding hydrogens is 220 g/mol. The lowest BCUT2D eigenvalue weighted by atomic mass is 10.0. The normalized spacial score (nSPS) is 13.4. The van der Waals surface area contributed by atoms with E-state index in [9.17, 15) is 9.59 Å². The zero-order chi connectivity index (χ0) is 13.6. The van der Waals surface area contributed by atoms with Gasteiger partial charge in [0.2, 0.25) is 5.91 Å². The Bertz CT molecular complexity index is 277. The van der Waals surface area contributed by atoms with Gasteiger partial charge in [-0.15, -0.1) is 0 Å². The Morgan fingerprint density at radius 2 is 1.94 bits per heavy atom. The number of carbonyl (C=O) groups excluding carboxylic acids is 2. The molecule has 0 aliphatic rings. The minimum Gasteiger partial charge on any atom is -0.468 e. The standard InChI is InChI=1S/C12H24N2O3/c1-7-12(3,4)13-11(16)9(2)14(5)8-10(15)17-6/h9H,7-8H2,1-6H3,(H,13,16). The SMILES string of the molecule is CCC(C)(C)NC(=O)C(C)N(C)CC(=O)OC. The predicted molar refractivity (Wildman–Crippen MR) is 66.6 cm³/mol. The lowest BCUT2D eigenvalue weighted by Gasteiger charge is -2.29. The molecular formula is C12H24N2O3. The molecule has 0 aromatic carbocycles. The maximum absolute atomic E-state index is 11.9. The molecule has 0 radical (unpaired) electrons. The minimum absolute atomic E-state index is 0.0803. The van der Waals surface area contributed by atoms with Crippen molar-refractivity contribution in [1.29, 1.82) is 0 Å². The van der Waals surface area contributed by atoms with Crippen molar-refractivity contribution < 1.29 is 14.3 Å². The van der Waals surface area contributed by atoms with E-state index in [1.165, 1.54) is 7.11 Å². The predicted octanol–water partition coefficient (Wildman–Crippen LogP) is 0.785. The number of carbonyl (C=O) groups is 2. The average Bonchev–Trinajstić information content (AvgIpc) is 2.27. The van der Waals surface area contributed by atoms with Crippen LogP contribution in [0.15, 0.2) is 0 Å². The van der Waals surface area contributed by atoms with Gasteiger partial charge in [0.05, 0.1) is 19.7 Å². The number of ether oxygens (including phenoxy) is 1. The van der Waals surface area contributed by atoms with Crippen LogP contribution in [0, 0.1) is 0 Å². The molecule has 5 heteroatoms. The monoisotopic (exact) mass is 244 g/mol. The number of hydrogen-bond donors (Lipinski definition) is 1. The third-order valence-electron chi connectivity index (χ3n) is 2.99. The number of hydrogen-bond acceptors (Lipinski definition) is 4. The maximum atomic E-state index is 11.9. The first-order chi connectivity index (χ1) is 7.73. The van der Waals surface area contributed by atoms with E-state index >= 15 is 0 Å². The molecule has 0 spiro atoms. The zero-order valence-corrected chi connectivity index (χ0v) is 11.7. The fraction of sp³-hybridized carbons (Fsp3) is 0.833. The summed E-state index contributed by atoms with van der Waals surface area (Å²) in [5.41, 5.74) is -0.225. The van der Waals surface area contributed by atoms with Gasteiger partial charge in [0.15, 0.2) is 0 Å². The Labute approximate surface area is 103 Å². The molecule has 17 heavy (non-hydrogen) atoms. The van der Waals surface area contributed by atoms with Crippen LogP contribution in [0.2, 0.25) is 0 Å². The second-order valence-corrected chi connectivity index (χ2v) is 4.89. The van der Waals surface area contributed by atoms with Crippen LogP contribution in [-0.4, -0.2) is 49.1 Å². The van der Waals surface area contributed by atoms with Crippen LogP contribution in [0.1, 0.15) is 34.1 Å². The summed E-state index contributed by atoms with van der Waals surface area (Å²) in [4.78, 5) is 24.7. The third-order valence-corrected chi connectivity index (χ3v) is 2.99. The molecule has 0 aromatic rings. The lowest BCUT2D eigenvalue weighted by molar-refractivity contribution is -0.142. The molecule has 0 bridgehead atoms. The molecule has 0 aromatic heterocycles. The first-order valence-corrected chi connectivity index (χ1v) is 5.82. The number of rotatable bonds is 6. The summed E-state index contributed by atoms with van der Waals surface area (Å²) in [6.07, 6.45) is 0.853. The van der Waals surface area contributed by atoms with Crippen molar-refractivity contribution in [2.24, 2.45) is 0 Å². The van der Waals surface area contributed by atoms with Crippen LogP contribution >= 0.6 is 0 Å². The molecule has 1 amide bonds. The highest BCUT2D eigenvalue weighted by molar-refractivity contribution is 5.82. The van der Waals surface area contributed by atoms with Crippen molar-refractivity contribution >= 4 is 11.9 Å². The van der Waals surface area contributed by atoms with Crippen molar-refractivity contribution in [2.75, 3.05) is 20.7 Å². The van der Waals surface area contributed by atoms with E-state index in [1.807, 2.05) is 20.8 Å². The average molecular weight is 244 g/mol. The summed E-state index contributed by atoms with van der Waals surface area (Å²) in [5.74, 6) is -0.426. The number of amides is 1. The molecule has 0 heterocycles. The Balaban J connectivity index is 4.35. The number of nitrogens with one attached hydrogen (secondary N) is 1. The molecule has 1 N–H and O–H groups in total. The van der Waals surface area contributed by atoms with Crippen LogP contribution in [0.5, 0.6) is 0 Å². The van der Waals surface area contributed by atoms with Gasteiger partial charge in [0.1, 0.15) is 0 Å². The molecule has 100 valence electrons. The highest BCUT2D eigenvalue weighted by Crippen LogP contribution is 2.08. The summed E-state index contributed by atoms with van der Waals surface area (Å²) in [6.45, 7) is 7.83. The van der Waals surface area contributed by atoms with Crippen LogP contribution in [0.4, 0.5) is 0 Å². The smallest absolute Gasteiger partial charge is 0.319 e. The topological polar surface area (TPSA) is 58.6 Å². The largest absolute Gasteiger partial charge is 0.468 e. The lowest BCUT2D eigenvalue weighted by Crippen LogP contribution is -2.51. The van der Waals surface area contributed by atoms with Gasteiger partial charge in [0.25, 0.3) is 0 Å². The van der Waals surface area contributed by atoms with Gasteiger partial charge in [-0.25, -0.2) is 0 Å². The molecule has 0 aliphatic carbocycles. The van der Waals surface area contributed by atoms with E-state index in [4.69, 9.17) is 0 Å². The van der Waals surface area contributed by atoms with Crippen LogP contribution in [-0.2, 0) is 14.3 Å². The zero-order valence-electron chi connectivity index (χ0n) is 11.7. The van der Waals surface area contributed by atoms with Crippen LogP contribution in [0.3, 0.4) is 0 Å². The fourth-order valence-electron chi connectivity index (χ4n) is 1.13. The van der Waals surface area contributed by atoms with Gasteiger partial charge in [-0.05, 0) is 34.2 Å². The number of esters is 1. The molecule has 1 unspecified atom stereocenters. The van der Waals surface area contributed by atoms with E-state index in [1.54, 1.807) is 18.9 Å². The molecule has 0 fully saturated rings. The third kappa shape index (κ3) is 5.68. The maximum Gasteiger partial charge on any atom is 0.319 e. The van der Waals surface area contributed by atoms with Crippen molar-refractivity contribution in [3.05, 3.63) is 0 Å². The van der Waals surface area contributed by atoms with E-state index in [0.717, 1.165) is 6.42 Å². The molecule has 0 aliphatic heterocycles. The number of nitrogens with zero attached hydrogens (tertiary/aromatic N) is 1. The van der Waals surface area contributed by atoms with E-state index in [2.05, 4.69) is 10.1 Å². The van der Waals surface area contributed by atoms with Gasteiger partial charge >= 0.3 is 5.97 Å². The highest BCUT2D eigenvalue weighted by atomic mass is 16.5. The van der Waals surface area contributed by atoms with Crippen molar-refractivity contribution in [2.45, 2.75) is 45.7 Å². The molecule has 0 rings (SSSR count). The van der Waals surface area contributed by atoms with E-state index in [0.29, 0.717) is 0 Å². The van der Waals surface area contributed by atoms with E-state index in [-0.39, 0.29) is 30.0 Å². The van der Waals surface area contributed by atoms with Gasteiger partial charge in [-0.2, -0.15) is 0 Å². The molecule has 0 saturated carbocycles. The van der Waals surface area contributed by atoms with Gasteiger partial charge in [-0.1, -0.05) is 6.92 Å². The summed E-state index contributed by atoms with van der Waals surface area (Å²) in [5, 5.41) is 2.95. The fourth-order valence-corrected chi connectivity index (χ4v) is 1.13. The molecule has 1 atom stereocenters. The van der Waals surface area contributed by atoms with Crippen LogP contribution in [0.25, 0.3) is 0 Å². The summed E-state index contributed by atoms with van der Waals surface area (Å²) in [7, 11) is 3.06. The Morgan fingerprint density at radius 1 is 1.41 bits per heavy atom. The van der Waals surface area contributed by atoms with Gasteiger partial charge < -0.3 is 10.1 Å². The second kappa shape index (κ2) is 6.59. The molecule has 5 nitrogen and oxygen atoms in total. The van der Waals surface area contributed by atoms with Crippen molar-refractivity contribution in [3.8, 4) is 0 Å². The Hall–Kier alpha value is -1.10. The van der Waals surface area contributed by atoms with Gasteiger partial charge in [0, 0.05) is 5.54 Å². The molecule has 0 saturated heterocycles. The Kier molecular flexibility index (Phi) is 6.16. The summed E-state index contributed by atoms with van der Waals surface area (Å²) in [6, 6.07) is -0.361. The van der Waals surface area contributed by atoms with Crippen molar-refractivity contribution in [3.63, 3.8) is 0 Å². The number of likely N-dealkylation sites (N-methyl/N-ethyl adjacent to an activating group) is 1. The van der Waals surface area contributed by atoms with Crippen LogP contribution < -0.4 is 5.32 Å². The Morgan fingerprint density at radius 3 is 2.35 bits per heavy atom. The quantitative estimate of drug-likeness (QED) is 0.702.